The summed E-state index contributed by atoms with van der Waals surface area (Å²) < 4.78 is 6.85. The Kier molecular flexibility index (Phi) is 3.88. The van der Waals surface area contributed by atoms with Crippen molar-refractivity contribution in [2.45, 2.75) is 19.9 Å². The van der Waals surface area contributed by atoms with Gasteiger partial charge in [0.15, 0.2) is 0 Å². The zero-order chi connectivity index (χ0) is 11.4. The van der Waals surface area contributed by atoms with E-state index in [1.807, 2.05) is 18.2 Å². The van der Waals surface area contributed by atoms with Crippen LogP contribution in [0.15, 0.2) is 40.8 Å². The molecule has 0 aliphatic rings. The van der Waals surface area contributed by atoms with Crippen molar-refractivity contribution in [1.29, 1.82) is 0 Å². The molecule has 0 amide bonds. The molecule has 0 unspecified atom stereocenters. The fourth-order valence-corrected chi connectivity index (χ4v) is 2.04. The van der Waals surface area contributed by atoms with Gasteiger partial charge in [0, 0.05) is 15.7 Å². The molecule has 1 N–H and O–H groups in total. The predicted molar refractivity (Wildman–Crippen MR) is 74.6 cm³/mol. The smallest absolute Gasteiger partial charge is 0.123 e. The maximum atomic E-state index is 5.62. The third-order valence-corrected chi connectivity index (χ3v) is 3.03. The Morgan fingerprint density at radius 1 is 1.19 bits per heavy atom. The highest BCUT2D eigenvalue weighted by molar-refractivity contribution is 14.1. The average Bonchev–Trinajstić information content (AvgIpc) is 2.74. The Morgan fingerprint density at radius 2 is 2.00 bits per heavy atom. The largest absolute Gasteiger partial charge is 0.464 e. The first-order valence-corrected chi connectivity index (χ1v) is 6.43. The molecule has 0 fully saturated rings. The zero-order valence-corrected chi connectivity index (χ0v) is 11.3. The van der Waals surface area contributed by atoms with Gasteiger partial charge in [-0.05, 0) is 52.9 Å². The topological polar surface area (TPSA) is 25.2 Å². The van der Waals surface area contributed by atoms with Crippen LogP contribution in [0.1, 0.15) is 18.4 Å². The molecule has 16 heavy (non-hydrogen) atoms. The summed E-state index contributed by atoms with van der Waals surface area (Å²) in [6.07, 6.45) is 0.948. The molecular formula is C13H14INO. The van der Waals surface area contributed by atoms with Gasteiger partial charge in [-0.25, -0.2) is 0 Å². The number of benzene rings is 1. The highest BCUT2D eigenvalue weighted by Gasteiger charge is 2.00. The van der Waals surface area contributed by atoms with Crippen LogP contribution in [0.25, 0.3) is 0 Å². The van der Waals surface area contributed by atoms with E-state index in [1.54, 1.807) is 0 Å². The van der Waals surface area contributed by atoms with Gasteiger partial charge in [0.25, 0.3) is 0 Å². The number of halogens is 1. The number of hydrogen-bond donors (Lipinski definition) is 1. The van der Waals surface area contributed by atoms with E-state index < -0.39 is 0 Å². The predicted octanol–water partition coefficient (Wildman–Crippen LogP) is 4.06. The molecular weight excluding hydrogens is 313 g/mol. The molecule has 2 nitrogen and oxygen atoms in total. The lowest BCUT2D eigenvalue weighted by atomic mass is 10.3. The summed E-state index contributed by atoms with van der Waals surface area (Å²) in [5.74, 6) is 2.02. The summed E-state index contributed by atoms with van der Waals surface area (Å²) in [7, 11) is 0. The van der Waals surface area contributed by atoms with Crippen LogP contribution in [0.2, 0.25) is 0 Å². The molecule has 1 heterocycles. The van der Waals surface area contributed by atoms with Crippen LogP contribution in [0, 0.1) is 3.57 Å². The lowest BCUT2D eigenvalue weighted by Crippen LogP contribution is -1.97. The van der Waals surface area contributed by atoms with Gasteiger partial charge < -0.3 is 9.73 Å². The Labute approximate surface area is 109 Å². The second-order valence-corrected chi connectivity index (χ2v) is 4.83. The Bertz CT molecular complexity index is 464. The van der Waals surface area contributed by atoms with Gasteiger partial charge in [-0.3, -0.25) is 0 Å². The highest BCUT2D eigenvalue weighted by atomic mass is 127. The molecule has 0 saturated carbocycles. The van der Waals surface area contributed by atoms with E-state index in [4.69, 9.17) is 4.42 Å². The molecule has 2 rings (SSSR count). The van der Waals surface area contributed by atoms with E-state index in [2.05, 4.69) is 53.0 Å². The molecule has 84 valence electrons. The van der Waals surface area contributed by atoms with E-state index >= 15 is 0 Å². The SMILES string of the molecule is CCc1ccc(CNc2cccc(I)c2)o1. The molecule has 1 aromatic heterocycles. The summed E-state index contributed by atoms with van der Waals surface area (Å²) in [6, 6.07) is 12.4. The summed E-state index contributed by atoms with van der Waals surface area (Å²) in [5, 5.41) is 3.34. The maximum Gasteiger partial charge on any atom is 0.123 e. The van der Waals surface area contributed by atoms with Crippen molar-refractivity contribution in [1.82, 2.24) is 0 Å². The van der Waals surface area contributed by atoms with Gasteiger partial charge in [-0.15, -0.1) is 0 Å². The molecule has 3 heteroatoms. The second kappa shape index (κ2) is 5.39. The minimum absolute atomic E-state index is 0.736. The van der Waals surface area contributed by atoms with E-state index in [9.17, 15) is 0 Å². The zero-order valence-electron chi connectivity index (χ0n) is 9.16. The molecule has 1 aromatic carbocycles. The Balaban J connectivity index is 1.96. The van der Waals surface area contributed by atoms with Crippen molar-refractivity contribution in [3.63, 3.8) is 0 Å². The van der Waals surface area contributed by atoms with Crippen LogP contribution in [0.4, 0.5) is 5.69 Å². The lowest BCUT2D eigenvalue weighted by Gasteiger charge is -2.04. The molecule has 2 aromatic rings. The summed E-state index contributed by atoms with van der Waals surface area (Å²) in [5.41, 5.74) is 1.13. The van der Waals surface area contributed by atoms with Crippen LogP contribution >= 0.6 is 22.6 Å². The standard InChI is InChI=1S/C13H14INO/c1-2-12-6-7-13(16-12)9-15-11-5-3-4-10(14)8-11/h3-8,15H,2,9H2,1H3. The monoisotopic (exact) mass is 327 g/mol. The van der Waals surface area contributed by atoms with Crippen LogP contribution in [0.3, 0.4) is 0 Å². The molecule has 0 aliphatic heterocycles. The first-order chi connectivity index (χ1) is 7.78. The molecule has 0 aliphatic carbocycles. The number of furan rings is 1. The van der Waals surface area contributed by atoms with Gasteiger partial charge in [-0.2, -0.15) is 0 Å². The molecule has 0 spiro atoms. The van der Waals surface area contributed by atoms with E-state index in [0.29, 0.717) is 0 Å². The van der Waals surface area contributed by atoms with Crippen LogP contribution in [0.5, 0.6) is 0 Å². The van der Waals surface area contributed by atoms with Gasteiger partial charge in [0.05, 0.1) is 6.54 Å². The van der Waals surface area contributed by atoms with E-state index in [-0.39, 0.29) is 0 Å². The Morgan fingerprint density at radius 3 is 2.69 bits per heavy atom. The van der Waals surface area contributed by atoms with Crippen LogP contribution in [-0.4, -0.2) is 0 Å². The molecule has 0 radical (unpaired) electrons. The molecule has 0 bridgehead atoms. The van der Waals surface area contributed by atoms with Gasteiger partial charge in [-0.1, -0.05) is 13.0 Å². The maximum absolute atomic E-state index is 5.62. The number of anilines is 1. The van der Waals surface area contributed by atoms with Crippen molar-refractivity contribution in [2.75, 3.05) is 5.32 Å². The number of aryl methyl sites for hydroxylation is 1. The number of rotatable bonds is 4. The van der Waals surface area contributed by atoms with Crippen molar-refractivity contribution in [2.24, 2.45) is 0 Å². The minimum Gasteiger partial charge on any atom is -0.464 e. The third-order valence-electron chi connectivity index (χ3n) is 2.36. The summed E-state index contributed by atoms with van der Waals surface area (Å²) >= 11 is 2.31. The van der Waals surface area contributed by atoms with E-state index in [0.717, 1.165) is 30.2 Å². The molecule has 0 atom stereocenters. The fourth-order valence-electron chi connectivity index (χ4n) is 1.49. The average molecular weight is 327 g/mol. The number of nitrogens with one attached hydrogen (secondary N) is 1. The minimum atomic E-state index is 0.736. The van der Waals surface area contributed by atoms with Crippen LogP contribution in [-0.2, 0) is 13.0 Å². The Hall–Kier alpha value is -0.970. The van der Waals surface area contributed by atoms with Gasteiger partial charge in [0.1, 0.15) is 11.5 Å². The summed E-state index contributed by atoms with van der Waals surface area (Å²) in [6.45, 7) is 2.83. The second-order valence-electron chi connectivity index (χ2n) is 3.59. The first kappa shape index (κ1) is 11.5. The van der Waals surface area contributed by atoms with Crippen molar-refractivity contribution in [3.8, 4) is 0 Å². The first-order valence-electron chi connectivity index (χ1n) is 5.35. The summed E-state index contributed by atoms with van der Waals surface area (Å²) in [4.78, 5) is 0. The van der Waals surface area contributed by atoms with Gasteiger partial charge >= 0.3 is 0 Å². The quantitative estimate of drug-likeness (QED) is 0.857. The highest BCUT2D eigenvalue weighted by Crippen LogP contribution is 2.15. The normalized spacial score (nSPS) is 10.4. The fraction of sp³-hybridized carbons (Fsp3) is 0.231. The number of hydrogen-bond acceptors (Lipinski definition) is 2. The van der Waals surface area contributed by atoms with Crippen molar-refractivity contribution >= 4 is 28.3 Å². The van der Waals surface area contributed by atoms with Crippen LogP contribution < -0.4 is 5.32 Å². The molecule has 0 saturated heterocycles. The van der Waals surface area contributed by atoms with Crippen molar-refractivity contribution < 1.29 is 4.42 Å². The lowest BCUT2D eigenvalue weighted by molar-refractivity contribution is 0.476. The third kappa shape index (κ3) is 3.01. The van der Waals surface area contributed by atoms with E-state index in [1.165, 1.54) is 3.57 Å². The van der Waals surface area contributed by atoms with Gasteiger partial charge in [0.2, 0.25) is 0 Å². The van der Waals surface area contributed by atoms with Crippen molar-refractivity contribution in [3.05, 3.63) is 51.5 Å².